The van der Waals surface area contributed by atoms with Gasteiger partial charge in [0.15, 0.2) is 5.96 Å². The van der Waals surface area contributed by atoms with Gasteiger partial charge in [0.25, 0.3) is 0 Å². The van der Waals surface area contributed by atoms with Gasteiger partial charge in [0, 0.05) is 37.1 Å². The second-order valence-electron chi connectivity index (χ2n) is 7.31. The zero-order valence-electron chi connectivity index (χ0n) is 15.6. The molecule has 25 heavy (non-hydrogen) atoms. The Hall–Kier alpha value is -1.75. The number of carbonyl (C=O) groups is 1. The number of hydrogen-bond acceptors (Lipinski definition) is 2. The van der Waals surface area contributed by atoms with Crippen molar-refractivity contribution in [3.05, 3.63) is 34.9 Å². The molecule has 1 saturated carbocycles. The van der Waals surface area contributed by atoms with E-state index in [-0.39, 0.29) is 11.3 Å². The molecule has 0 atom stereocenters. The molecular formula is C19H29ClN4O. The minimum absolute atomic E-state index is 0.0375. The fourth-order valence-corrected chi connectivity index (χ4v) is 2.99. The van der Waals surface area contributed by atoms with Crippen LogP contribution in [0, 0.1) is 5.41 Å². The maximum Gasteiger partial charge on any atom is 0.227 e. The Balaban J connectivity index is 1.90. The smallest absolute Gasteiger partial charge is 0.227 e. The predicted molar refractivity (Wildman–Crippen MR) is 104 cm³/mol. The van der Waals surface area contributed by atoms with Gasteiger partial charge in [-0.2, -0.15) is 0 Å². The lowest BCUT2D eigenvalue weighted by Crippen LogP contribution is -2.48. The monoisotopic (exact) mass is 364 g/mol. The first-order valence-electron chi connectivity index (χ1n) is 8.82. The van der Waals surface area contributed by atoms with Crippen LogP contribution in [-0.4, -0.2) is 38.5 Å². The minimum Gasteiger partial charge on any atom is -0.356 e. The average molecular weight is 365 g/mol. The molecule has 138 valence electrons. The highest BCUT2D eigenvalue weighted by molar-refractivity contribution is 6.30. The lowest BCUT2D eigenvalue weighted by molar-refractivity contribution is -0.128. The molecule has 0 aliphatic heterocycles. The quantitative estimate of drug-likeness (QED) is 0.515. The van der Waals surface area contributed by atoms with Gasteiger partial charge in [-0.05, 0) is 51.3 Å². The highest BCUT2D eigenvalue weighted by Crippen LogP contribution is 2.48. The van der Waals surface area contributed by atoms with E-state index in [0.717, 1.165) is 24.4 Å². The summed E-state index contributed by atoms with van der Waals surface area (Å²) in [6.45, 7) is 7.72. The zero-order valence-corrected chi connectivity index (χ0v) is 16.3. The fourth-order valence-electron chi connectivity index (χ4n) is 2.80. The van der Waals surface area contributed by atoms with Crippen LogP contribution in [0.3, 0.4) is 0 Å². The Kier molecular flexibility index (Phi) is 6.33. The maximum atomic E-state index is 12.1. The number of benzene rings is 1. The van der Waals surface area contributed by atoms with E-state index in [0.29, 0.717) is 19.0 Å². The van der Waals surface area contributed by atoms with Crippen molar-refractivity contribution in [3.63, 3.8) is 0 Å². The molecule has 0 bridgehead atoms. The van der Waals surface area contributed by atoms with Gasteiger partial charge in [-0.3, -0.25) is 9.79 Å². The second-order valence-corrected chi connectivity index (χ2v) is 7.75. The normalized spacial score (nSPS) is 16.3. The summed E-state index contributed by atoms with van der Waals surface area (Å²) >= 11 is 6.13. The van der Waals surface area contributed by atoms with Crippen LogP contribution in [0.25, 0.3) is 0 Å². The van der Waals surface area contributed by atoms with Gasteiger partial charge in [-0.15, -0.1) is 0 Å². The molecule has 1 fully saturated rings. The van der Waals surface area contributed by atoms with E-state index >= 15 is 0 Å². The van der Waals surface area contributed by atoms with Crippen LogP contribution in [-0.2, 0) is 10.2 Å². The average Bonchev–Trinajstić information content (AvgIpc) is 3.36. The number of amides is 1. The van der Waals surface area contributed by atoms with Crippen molar-refractivity contribution in [2.24, 2.45) is 10.4 Å². The van der Waals surface area contributed by atoms with Gasteiger partial charge in [0.1, 0.15) is 0 Å². The molecule has 0 heterocycles. The Morgan fingerprint density at radius 1 is 1.28 bits per heavy atom. The van der Waals surface area contributed by atoms with Crippen molar-refractivity contribution < 1.29 is 4.79 Å². The van der Waals surface area contributed by atoms with Gasteiger partial charge in [-0.25, -0.2) is 0 Å². The highest BCUT2D eigenvalue weighted by Gasteiger charge is 2.44. The second kappa shape index (κ2) is 8.09. The minimum atomic E-state index is -0.502. The van der Waals surface area contributed by atoms with Crippen LogP contribution < -0.4 is 16.0 Å². The van der Waals surface area contributed by atoms with Gasteiger partial charge in [0.05, 0.1) is 5.41 Å². The first kappa shape index (κ1) is 19.6. The number of hydrogen-bond donors (Lipinski definition) is 3. The van der Waals surface area contributed by atoms with E-state index in [1.165, 1.54) is 5.56 Å². The fraction of sp³-hybridized carbons (Fsp3) is 0.579. The van der Waals surface area contributed by atoms with Crippen molar-refractivity contribution in [2.45, 2.75) is 39.0 Å². The number of aliphatic imine (C=N–C) groups is 1. The van der Waals surface area contributed by atoms with Crippen LogP contribution in [0.2, 0.25) is 5.02 Å². The molecule has 3 N–H and O–H groups in total. The van der Waals surface area contributed by atoms with Crippen LogP contribution in [0.1, 0.15) is 39.2 Å². The molecule has 1 aliphatic carbocycles. The molecule has 1 aliphatic rings. The molecule has 0 radical (unpaired) electrons. The van der Waals surface area contributed by atoms with Crippen LogP contribution in [0.4, 0.5) is 0 Å². The summed E-state index contributed by atoms with van der Waals surface area (Å²) in [5.41, 5.74) is 0.903. The largest absolute Gasteiger partial charge is 0.356 e. The highest BCUT2D eigenvalue weighted by atomic mass is 35.5. The molecule has 1 amide bonds. The Labute approximate surface area is 155 Å². The van der Waals surface area contributed by atoms with E-state index < -0.39 is 5.41 Å². The molecule has 5 nitrogen and oxygen atoms in total. The molecule has 0 aromatic heterocycles. The standard InChI is InChI=1S/C19H29ClN4O/c1-5-22-16(25)18(2,3)12-23-17(21-4)24-13-19(9-10-19)14-7-6-8-15(20)11-14/h6-8,11H,5,9-10,12-13H2,1-4H3,(H,22,25)(H2,21,23,24). The number of guanidine groups is 1. The number of nitrogens with zero attached hydrogens (tertiary/aromatic N) is 1. The third-order valence-corrected chi connectivity index (χ3v) is 4.99. The Morgan fingerprint density at radius 3 is 2.56 bits per heavy atom. The van der Waals surface area contributed by atoms with Crippen molar-refractivity contribution in [1.29, 1.82) is 0 Å². The van der Waals surface area contributed by atoms with E-state index in [1.807, 2.05) is 39.0 Å². The summed E-state index contributed by atoms with van der Waals surface area (Å²) in [5, 5.41) is 10.3. The van der Waals surface area contributed by atoms with Crippen molar-refractivity contribution >= 4 is 23.5 Å². The molecule has 2 rings (SSSR count). The maximum absolute atomic E-state index is 12.1. The van der Waals surface area contributed by atoms with Gasteiger partial charge < -0.3 is 16.0 Å². The summed E-state index contributed by atoms with van der Waals surface area (Å²) in [6.07, 6.45) is 2.28. The molecule has 0 saturated heterocycles. The summed E-state index contributed by atoms with van der Waals surface area (Å²) in [6, 6.07) is 8.08. The SMILES string of the molecule is CCNC(=O)C(C)(C)CNC(=NC)NCC1(c2cccc(Cl)c2)CC1. The zero-order chi connectivity index (χ0) is 18.5. The first-order valence-corrected chi connectivity index (χ1v) is 9.20. The third kappa shape index (κ3) is 5.11. The van der Waals surface area contributed by atoms with Crippen LogP contribution in [0.5, 0.6) is 0 Å². The summed E-state index contributed by atoms with van der Waals surface area (Å²) in [5.74, 6) is 0.751. The number of rotatable bonds is 7. The summed E-state index contributed by atoms with van der Waals surface area (Å²) < 4.78 is 0. The van der Waals surface area contributed by atoms with Gasteiger partial charge in [-0.1, -0.05) is 23.7 Å². The van der Waals surface area contributed by atoms with E-state index in [1.54, 1.807) is 7.05 Å². The van der Waals surface area contributed by atoms with Crippen molar-refractivity contribution in [3.8, 4) is 0 Å². The third-order valence-electron chi connectivity index (χ3n) is 4.76. The number of nitrogens with one attached hydrogen (secondary N) is 3. The molecule has 6 heteroatoms. The van der Waals surface area contributed by atoms with E-state index in [9.17, 15) is 4.79 Å². The molecule has 0 unspecified atom stereocenters. The molecular weight excluding hydrogens is 336 g/mol. The van der Waals surface area contributed by atoms with Crippen molar-refractivity contribution in [2.75, 3.05) is 26.7 Å². The van der Waals surface area contributed by atoms with Gasteiger partial charge >= 0.3 is 0 Å². The van der Waals surface area contributed by atoms with E-state index in [2.05, 4.69) is 27.0 Å². The number of carbonyl (C=O) groups excluding carboxylic acids is 1. The number of halogens is 1. The predicted octanol–water partition coefficient (Wildman–Crippen LogP) is 2.70. The lowest BCUT2D eigenvalue weighted by Gasteiger charge is -2.25. The first-order chi connectivity index (χ1) is 11.8. The molecule has 0 spiro atoms. The lowest BCUT2D eigenvalue weighted by atomic mass is 9.92. The summed E-state index contributed by atoms with van der Waals surface area (Å²) in [7, 11) is 1.74. The van der Waals surface area contributed by atoms with E-state index in [4.69, 9.17) is 11.6 Å². The Morgan fingerprint density at radius 2 is 2.00 bits per heavy atom. The molecule has 1 aromatic carbocycles. The summed E-state index contributed by atoms with van der Waals surface area (Å²) in [4.78, 5) is 16.4. The Bertz CT molecular complexity index is 638. The topological polar surface area (TPSA) is 65.5 Å². The molecule has 1 aromatic rings. The van der Waals surface area contributed by atoms with Crippen molar-refractivity contribution in [1.82, 2.24) is 16.0 Å². The van der Waals surface area contributed by atoms with Crippen LogP contribution >= 0.6 is 11.6 Å². The van der Waals surface area contributed by atoms with Gasteiger partial charge in [0.2, 0.25) is 5.91 Å². The van der Waals surface area contributed by atoms with Crippen LogP contribution in [0.15, 0.2) is 29.3 Å².